The van der Waals surface area contributed by atoms with E-state index in [-0.39, 0.29) is 5.91 Å². The van der Waals surface area contributed by atoms with Gasteiger partial charge in [-0.15, -0.1) is 0 Å². The Bertz CT molecular complexity index is 371. The van der Waals surface area contributed by atoms with Gasteiger partial charge in [0.15, 0.2) is 0 Å². The molecule has 0 radical (unpaired) electrons. The molecule has 0 aliphatic carbocycles. The summed E-state index contributed by atoms with van der Waals surface area (Å²) in [6, 6.07) is 8.03. The van der Waals surface area contributed by atoms with Gasteiger partial charge in [-0.25, -0.2) is 0 Å². The molecule has 0 heterocycles. The van der Waals surface area contributed by atoms with Crippen molar-refractivity contribution in [1.82, 2.24) is 5.32 Å². The second-order valence-electron chi connectivity index (χ2n) is 4.47. The Balaban J connectivity index is 2.50. The number of hydrogen-bond acceptors (Lipinski definition) is 3. The van der Waals surface area contributed by atoms with Gasteiger partial charge in [0.25, 0.3) is 0 Å². The average Bonchev–Trinajstić information content (AvgIpc) is 2.42. The maximum Gasteiger partial charge on any atom is 0.224 e. The van der Waals surface area contributed by atoms with Gasteiger partial charge in [-0.1, -0.05) is 0 Å². The minimum absolute atomic E-state index is 0.0749. The summed E-state index contributed by atoms with van der Waals surface area (Å²) in [5, 5.41) is 5.95. The van der Waals surface area contributed by atoms with Crippen molar-refractivity contribution >= 4 is 17.3 Å². The summed E-state index contributed by atoms with van der Waals surface area (Å²) < 4.78 is 0. The molecule has 0 aliphatic heterocycles. The number of rotatable bonds is 8. The van der Waals surface area contributed by atoms with Crippen LogP contribution in [0.1, 0.15) is 26.7 Å². The Labute approximate surface area is 116 Å². The second kappa shape index (κ2) is 8.53. The molecule has 0 saturated carbocycles. The highest BCUT2D eigenvalue weighted by molar-refractivity contribution is 5.90. The first-order valence-electron chi connectivity index (χ1n) is 7.00. The smallest absolute Gasteiger partial charge is 0.224 e. The molecule has 1 amide bonds. The molecule has 0 atom stereocenters. The molecule has 106 valence electrons. The van der Waals surface area contributed by atoms with E-state index < -0.39 is 0 Å². The van der Waals surface area contributed by atoms with E-state index >= 15 is 0 Å². The van der Waals surface area contributed by atoms with Crippen LogP contribution in [0.25, 0.3) is 0 Å². The molecule has 19 heavy (non-hydrogen) atoms. The molecule has 0 unspecified atom stereocenters. The fourth-order valence-electron chi connectivity index (χ4n) is 1.99. The Kier molecular flexibility index (Phi) is 6.97. The monoisotopic (exact) mass is 263 g/mol. The van der Waals surface area contributed by atoms with Gasteiger partial charge in [-0.2, -0.15) is 0 Å². The standard InChI is InChI=1S/C15H25N3O/c1-4-18(5-2)14-10-8-13(9-11-14)17-15(19)7-6-12-16-3/h8-11,16H,4-7,12H2,1-3H3,(H,17,19). The zero-order chi connectivity index (χ0) is 14.1. The summed E-state index contributed by atoms with van der Waals surface area (Å²) in [6.07, 6.45) is 1.42. The van der Waals surface area contributed by atoms with Crippen LogP contribution in [0, 0.1) is 0 Å². The molecule has 0 bridgehead atoms. The molecule has 4 heteroatoms. The van der Waals surface area contributed by atoms with E-state index in [2.05, 4.69) is 41.5 Å². The molecule has 1 aromatic rings. The molecule has 4 nitrogen and oxygen atoms in total. The van der Waals surface area contributed by atoms with Crippen molar-refractivity contribution in [2.45, 2.75) is 26.7 Å². The fraction of sp³-hybridized carbons (Fsp3) is 0.533. The van der Waals surface area contributed by atoms with Crippen LogP contribution in [0.2, 0.25) is 0 Å². The van der Waals surface area contributed by atoms with Crippen LogP contribution < -0.4 is 15.5 Å². The third-order valence-corrected chi connectivity index (χ3v) is 3.11. The Morgan fingerprint density at radius 2 is 1.79 bits per heavy atom. The first-order valence-corrected chi connectivity index (χ1v) is 7.00. The van der Waals surface area contributed by atoms with E-state index in [4.69, 9.17) is 0 Å². The average molecular weight is 263 g/mol. The minimum Gasteiger partial charge on any atom is -0.372 e. The quantitative estimate of drug-likeness (QED) is 0.708. The van der Waals surface area contributed by atoms with Crippen molar-refractivity contribution in [3.8, 4) is 0 Å². The topological polar surface area (TPSA) is 44.4 Å². The number of anilines is 2. The highest BCUT2D eigenvalue weighted by atomic mass is 16.1. The lowest BCUT2D eigenvalue weighted by atomic mass is 10.2. The molecule has 0 fully saturated rings. The maximum absolute atomic E-state index is 11.7. The van der Waals surface area contributed by atoms with Gasteiger partial charge in [-0.05, 0) is 58.1 Å². The Morgan fingerprint density at radius 1 is 1.16 bits per heavy atom. The summed E-state index contributed by atoms with van der Waals surface area (Å²) >= 11 is 0. The lowest BCUT2D eigenvalue weighted by Crippen LogP contribution is -2.21. The normalized spacial score (nSPS) is 10.3. The van der Waals surface area contributed by atoms with Crippen molar-refractivity contribution in [2.24, 2.45) is 0 Å². The van der Waals surface area contributed by atoms with E-state index in [1.54, 1.807) is 0 Å². The molecule has 0 spiro atoms. The molecular weight excluding hydrogens is 238 g/mol. The van der Waals surface area contributed by atoms with Gasteiger partial charge >= 0.3 is 0 Å². The van der Waals surface area contributed by atoms with E-state index in [0.29, 0.717) is 6.42 Å². The summed E-state index contributed by atoms with van der Waals surface area (Å²) in [4.78, 5) is 13.9. The van der Waals surface area contributed by atoms with Crippen molar-refractivity contribution in [3.05, 3.63) is 24.3 Å². The van der Waals surface area contributed by atoms with Crippen molar-refractivity contribution in [3.63, 3.8) is 0 Å². The van der Waals surface area contributed by atoms with Crippen molar-refractivity contribution < 1.29 is 4.79 Å². The fourth-order valence-corrected chi connectivity index (χ4v) is 1.99. The number of nitrogens with zero attached hydrogens (tertiary/aromatic N) is 1. The second-order valence-corrected chi connectivity index (χ2v) is 4.47. The third-order valence-electron chi connectivity index (χ3n) is 3.11. The number of carbonyl (C=O) groups excluding carboxylic acids is 1. The van der Waals surface area contributed by atoms with Gasteiger partial charge in [-0.3, -0.25) is 4.79 Å². The van der Waals surface area contributed by atoms with Crippen LogP contribution in [0.15, 0.2) is 24.3 Å². The zero-order valence-electron chi connectivity index (χ0n) is 12.2. The number of nitrogens with one attached hydrogen (secondary N) is 2. The first kappa shape index (κ1) is 15.5. The Hall–Kier alpha value is -1.55. The highest BCUT2D eigenvalue weighted by Gasteiger charge is 2.04. The summed E-state index contributed by atoms with van der Waals surface area (Å²) in [7, 11) is 1.89. The van der Waals surface area contributed by atoms with Crippen molar-refractivity contribution in [2.75, 3.05) is 36.9 Å². The molecule has 0 aromatic heterocycles. The predicted octanol–water partition coefficient (Wildman–Crippen LogP) is 2.47. The van der Waals surface area contributed by atoms with Crippen LogP contribution in [0.3, 0.4) is 0 Å². The summed E-state index contributed by atoms with van der Waals surface area (Å²) in [6.45, 7) is 7.13. The molecule has 2 N–H and O–H groups in total. The van der Waals surface area contributed by atoms with E-state index in [0.717, 1.165) is 31.7 Å². The minimum atomic E-state index is 0.0749. The van der Waals surface area contributed by atoms with Gasteiger partial charge in [0.1, 0.15) is 0 Å². The summed E-state index contributed by atoms with van der Waals surface area (Å²) in [5.41, 5.74) is 2.06. The van der Waals surface area contributed by atoms with Crippen molar-refractivity contribution in [1.29, 1.82) is 0 Å². The molecule has 1 aromatic carbocycles. The maximum atomic E-state index is 11.7. The first-order chi connectivity index (χ1) is 9.21. The van der Waals surface area contributed by atoms with Crippen LogP contribution in [0.5, 0.6) is 0 Å². The molecule has 1 rings (SSSR count). The van der Waals surface area contributed by atoms with Crippen LogP contribution in [0.4, 0.5) is 11.4 Å². The predicted molar refractivity (Wildman–Crippen MR) is 81.8 cm³/mol. The van der Waals surface area contributed by atoms with Crippen LogP contribution in [-0.2, 0) is 4.79 Å². The SMILES string of the molecule is CCN(CC)c1ccc(NC(=O)CCCNC)cc1. The Morgan fingerprint density at radius 3 is 2.32 bits per heavy atom. The zero-order valence-corrected chi connectivity index (χ0v) is 12.2. The van der Waals surface area contributed by atoms with Crippen LogP contribution >= 0.6 is 0 Å². The van der Waals surface area contributed by atoms with Crippen LogP contribution in [-0.4, -0.2) is 32.6 Å². The van der Waals surface area contributed by atoms with E-state index in [1.165, 1.54) is 5.69 Å². The van der Waals surface area contributed by atoms with E-state index in [9.17, 15) is 4.79 Å². The lowest BCUT2D eigenvalue weighted by Gasteiger charge is -2.21. The lowest BCUT2D eigenvalue weighted by molar-refractivity contribution is -0.116. The number of hydrogen-bond donors (Lipinski definition) is 2. The number of amides is 1. The van der Waals surface area contributed by atoms with Gasteiger partial charge in [0.05, 0.1) is 0 Å². The number of benzene rings is 1. The van der Waals surface area contributed by atoms with Gasteiger partial charge in [0, 0.05) is 30.9 Å². The van der Waals surface area contributed by atoms with Gasteiger partial charge < -0.3 is 15.5 Å². The largest absolute Gasteiger partial charge is 0.372 e. The molecule has 0 aliphatic rings. The summed E-state index contributed by atoms with van der Waals surface area (Å²) in [5.74, 6) is 0.0749. The third kappa shape index (κ3) is 5.30. The number of carbonyl (C=O) groups is 1. The molecule has 0 saturated heterocycles. The molecular formula is C15H25N3O. The van der Waals surface area contributed by atoms with E-state index in [1.807, 2.05) is 19.2 Å². The van der Waals surface area contributed by atoms with Gasteiger partial charge in [0.2, 0.25) is 5.91 Å². The highest BCUT2D eigenvalue weighted by Crippen LogP contribution is 2.17.